The second kappa shape index (κ2) is 11.3. The number of carbonyl (C=O) groups excluding carboxylic acids is 2. The van der Waals surface area contributed by atoms with Crippen LogP contribution in [0, 0.1) is 0 Å². The molecular formula is C29H27N5O2S. The van der Waals surface area contributed by atoms with E-state index in [9.17, 15) is 9.59 Å². The average Bonchev–Trinajstić information content (AvgIpc) is 3.31. The molecule has 3 aromatic rings. The predicted octanol–water partition coefficient (Wildman–Crippen LogP) is 5.04. The molecule has 1 aromatic heterocycles. The molecule has 2 aromatic carbocycles. The Hall–Kier alpha value is -4.17. The molecule has 2 aliphatic rings. The Morgan fingerprint density at radius 3 is 2.43 bits per heavy atom. The number of carbonyl (C=O) groups is 2. The number of hydrogen-bond acceptors (Lipinski definition) is 6. The van der Waals surface area contributed by atoms with E-state index in [1.807, 2.05) is 96.1 Å². The van der Waals surface area contributed by atoms with E-state index < -0.39 is 6.04 Å². The minimum absolute atomic E-state index is 0.0857. The zero-order valence-electron chi connectivity index (χ0n) is 20.4. The molecule has 0 aliphatic carbocycles. The van der Waals surface area contributed by atoms with E-state index in [0.717, 1.165) is 22.1 Å². The highest BCUT2D eigenvalue weighted by Crippen LogP contribution is 2.44. The summed E-state index contributed by atoms with van der Waals surface area (Å²) in [6, 6.07) is 24.6. The summed E-state index contributed by atoms with van der Waals surface area (Å²) in [6.45, 7) is 2.37. The van der Waals surface area contributed by atoms with E-state index in [2.05, 4.69) is 15.6 Å². The molecule has 0 radical (unpaired) electrons. The van der Waals surface area contributed by atoms with Gasteiger partial charge < -0.3 is 15.5 Å². The Bertz CT molecular complexity index is 1370. The van der Waals surface area contributed by atoms with Crippen molar-refractivity contribution >= 4 is 34.4 Å². The zero-order chi connectivity index (χ0) is 25.6. The normalized spacial score (nSPS) is 16.6. The molecule has 37 heavy (non-hydrogen) atoms. The zero-order valence-corrected chi connectivity index (χ0v) is 21.2. The van der Waals surface area contributed by atoms with Gasteiger partial charge in [0.25, 0.3) is 5.91 Å². The topological polar surface area (TPSA) is 86.7 Å². The van der Waals surface area contributed by atoms with Crippen LogP contribution in [0.1, 0.15) is 30.6 Å². The molecule has 0 saturated heterocycles. The maximum absolute atomic E-state index is 13.6. The number of nitrogens with zero attached hydrogens (tertiary/aromatic N) is 3. The summed E-state index contributed by atoms with van der Waals surface area (Å²) in [5.74, 6) is -0.297. The quantitative estimate of drug-likeness (QED) is 0.444. The van der Waals surface area contributed by atoms with E-state index >= 15 is 0 Å². The van der Waals surface area contributed by atoms with Crippen LogP contribution < -0.4 is 10.6 Å². The molecule has 186 valence electrons. The number of aromatic nitrogens is 1. The number of benzene rings is 2. The second-order valence-electron chi connectivity index (χ2n) is 8.72. The molecule has 7 nitrogen and oxygen atoms in total. The van der Waals surface area contributed by atoms with Crippen molar-refractivity contribution in [2.45, 2.75) is 25.8 Å². The molecule has 0 fully saturated rings. The molecule has 5 rings (SSSR count). The van der Waals surface area contributed by atoms with Gasteiger partial charge in [-0.1, -0.05) is 66.4 Å². The van der Waals surface area contributed by atoms with Crippen LogP contribution in [0.15, 0.2) is 112 Å². The Labute approximate surface area is 220 Å². The molecule has 1 atom stereocenters. The van der Waals surface area contributed by atoms with Crippen molar-refractivity contribution in [3.63, 3.8) is 0 Å². The smallest absolute Gasteiger partial charge is 0.255 e. The number of fused-ring (bicyclic) bond motifs is 1. The van der Waals surface area contributed by atoms with Gasteiger partial charge in [-0.3, -0.25) is 14.6 Å². The highest BCUT2D eigenvalue weighted by atomic mass is 32.2. The third kappa shape index (κ3) is 5.65. The number of amides is 2. The molecular weight excluding hydrogens is 482 g/mol. The minimum Gasteiger partial charge on any atom is -0.355 e. The van der Waals surface area contributed by atoms with Crippen LogP contribution in [0.25, 0.3) is 0 Å². The molecule has 0 bridgehead atoms. The maximum atomic E-state index is 13.6. The lowest BCUT2D eigenvalue weighted by molar-refractivity contribution is -0.120. The van der Waals surface area contributed by atoms with Crippen molar-refractivity contribution in [2.24, 2.45) is 4.99 Å². The summed E-state index contributed by atoms with van der Waals surface area (Å²) >= 11 is 1.48. The molecule has 8 heteroatoms. The van der Waals surface area contributed by atoms with E-state index in [1.165, 1.54) is 11.8 Å². The van der Waals surface area contributed by atoms with Gasteiger partial charge in [0.2, 0.25) is 5.91 Å². The van der Waals surface area contributed by atoms with Crippen LogP contribution in [-0.4, -0.2) is 33.4 Å². The number of amidine groups is 1. The van der Waals surface area contributed by atoms with Crippen LogP contribution in [0.5, 0.6) is 0 Å². The first-order chi connectivity index (χ1) is 18.1. The maximum Gasteiger partial charge on any atom is 0.255 e. The average molecular weight is 510 g/mol. The molecule has 3 heterocycles. The van der Waals surface area contributed by atoms with Gasteiger partial charge in [0, 0.05) is 36.2 Å². The van der Waals surface area contributed by atoms with E-state index in [-0.39, 0.29) is 18.2 Å². The number of para-hydroxylation sites is 1. The first-order valence-corrected chi connectivity index (χ1v) is 13.0. The number of rotatable bonds is 8. The van der Waals surface area contributed by atoms with Crippen LogP contribution >= 0.6 is 11.8 Å². The largest absolute Gasteiger partial charge is 0.355 e. The summed E-state index contributed by atoms with van der Waals surface area (Å²) in [4.78, 5) is 37.5. The fourth-order valence-corrected chi connectivity index (χ4v) is 5.40. The monoisotopic (exact) mass is 509 g/mol. The predicted molar refractivity (Wildman–Crippen MR) is 147 cm³/mol. The van der Waals surface area contributed by atoms with E-state index in [0.29, 0.717) is 29.9 Å². The van der Waals surface area contributed by atoms with Crippen molar-refractivity contribution in [3.8, 4) is 0 Å². The van der Waals surface area contributed by atoms with Gasteiger partial charge in [-0.15, -0.1) is 0 Å². The van der Waals surface area contributed by atoms with E-state index in [4.69, 9.17) is 4.99 Å². The third-order valence-electron chi connectivity index (χ3n) is 6.16. The van der Waals surface area contributed by atoms with Gasteiger partial charge in [0.05, 0.1) is 23.7 Å². The summed E-state index contributed by atoms with van der Waals surface area (Å²) in [6.07, 6.45) is 2.60. The van der Waals surface area contributed by atoms with Crippen LogP contribution in [0.4, 0.5) is 5.69 Å². The minimum atomic E-state index is -0.403. The Kier molecular flexibility index (Phi) is 7.46. The lowest BCUT2D eigenvalue weighted by Gasteiger charge is -2.36. The van der Waals surface area contributed by atoms with Gasteiger partial charge in [-0.05, 0) is 42.2 Å². The van der Waals surface area contributed by atoms with Crippen LogP contribution in [-0.2, 0) is 16.0 Å². The Balaban J connectivity index is 1.37. The Morgan fingerprint density at radius 2 is 1.70 bits per heavy atom. The van der Waals surface area contributed by atoms with Gasteiger partial charge in [-0.25, -0.2) is 4.99 Å². The molecule has 2 N–H and O–H groups in total. The highest BCUT2D eigenvalue weighted by molar-refractivity contribution is 8.16. The first kappa shape index (κ1) is 24.5. The number of anilines is 1. The fraction of sp³-hybridized carbons (Fsp3) is 0.172. The summed E-state index contributed by atoms with van der Waals surface area (Å²) in [5.41, 5.74) is 4.64. The van der Waals surface area contributed by atoms with Crippen molar-refractivity contribution in [2.75, 3.05) is 11.9 Å². The lowest BCUT2D eigenvalue weighted by Crippen LogP contribution is -2.39. The number of hydrogen-bond donors (Lipinski definition) is 2. The van der Waals surface area contributed by atoms with Crippen LogP contribution in [0.2, 0.25) is 0 Å². The van der Waals surface area contributed by atoms with Crippen molar-refractivity contribution < 1.29 is 9.59 Å². The van der Waals surface area contributed by atoms with Crippen molar-refractivity contribution in [3.05, 3.63) is 119 Å². The SMILES string of the molecule is CC1=C(C(=O)Nc2ccccc2)C(c2ccccc2)N2C(CC(=O)NCCc3ccccn3)=CSC2=N1. The number of allylic oxidation sites excluding steroid dienone is 1. The second-order valence-corrected chi connectivity index (χ2v) is 9.56. The fourth-order valence-electron chi connectivity index (χ4n) is 4.43. The van der Waals surface area contributed by atoms with Crippen molar-refractivity contribution in [1.29, 1.82) is 0 Å². The number of nitrogens with one attached hydrogen (secondary N) is 2. The number of pyridine rings is 1. The molecule has 0 spiro atoms. The van der Waals surface area contributed by atoms with Gasteiger partial charge in [0.1, 0.15) is 0 Å². The highest BCUT2D eigenvalue weighted by Gasteiger charge is 2.40. The van der Waals surface area contributed by atoms with Gasteiger partial charge in [-0.2, -0.15) is 0 Å². The van der Waals surface area contributed by atoms with Crippen LogP contribution in [0.3, 0.4) is 0 Å². The van der Waals surface area contributed by atoms with Gasteiger partial charge >= 0.3 is 0 Å². The number of aliphatic imine (C=N–C) groups is 1. The molecule has 2 aliphatic heterocycles. The summed E-state index contributed by atoms with van der Waals surface area (Å²) in [5, 5.41) is 8.73. The Morgan fingerprint density at radius 1 is 0.973 bits per heavy atom. The molecule has 1 unspecified atom stereocenters. The molecule has 2 amide bonds. The lowest BCUT2D eigenvalue weighted by atomic mass is 9.93. The summed E-state index contributed by atoms with van der Waals surface area (Å²) in [7, 11) is 0. The standard InChI is InChI=1S/C29H27N5O2S/c1-20-26(28(36)33-23-13-6-3-7-14-23)27(21-10-4-2-5-11-21)34-24(19-37-29(34)32-20)18-25(35)31-17-15-22-12-8-9-16-30-22/h2-14,16,19,27H,15,17-18H2,1H3,(H,31,35)(H,33,36). The summed E-state index contributed by atoms with van der Waals surface area (Å²) < 4.78 is 0. The molecule has 0 saturated carbocycles. The van der Waals surface area contributed by atoms with Gasteiger partial charge in [0.15, 0.2) is 5.17 Å². The number of thioether (sulfide) groups is 1. The third-order valence-corrected chi connectivity index (χ3v) is 7.05. The van der Waals surface area contributed by atoms with E-state index in [1.54, 1.807) is 6.20 Å². The van der Waals surface area contributed by atoms with Crippen molar-refractivity contribution in [1.82, 2.24) is 15.2 Å². The first-order valence-electron chi connectivity index (χ1n) is 12.1.